The average Bonchev–Trinajstić information content (AvgIpc) is 2.61. The van der Waals surface area contributed by atoms with Crippen LogP contribution in [0.1, 0.15) is 44.9 Å². The van der Waals surface area contributed by atoms with Crippen molar-refractivity contribution in [1.82, 2.24) is 5.32 Å². The molecule has 2 aliphatic rings. The minimum atomic E-state index is 0.653. The van der Waals surface area contributed by atoms with Gasteiger partial charge < -0.3 is 5.32 Å². The van der Waals surface area contributed by atoms with Crippen LogP contribution in [-0.2, 0) is 0 Å². The Morgan fingerprint density at radius 2 is 1.30 bits per heavy atom. The quantitative estimate of drug-likeness (QED) is 0.510. The van der Waals surface area contributed by atoms with Crippen molar-refractivity contribution in [3.63, 3.8) is 0 Å². The maximum absolute atomic E-state index is 3.52. The second-order valence-corrected chi connectivity index (χ2v) is 3.90. The molecule has 58 valence electrons. The number of hydrogen-bond donors (Lipinski definition) is 1. The fraction of sp³-hybridized carbons (Fsp3) is 1.00. The lowest BCUT2D eigenvalue weighted by Crippen LogP contribution is -2.16. The van der Waals surface area contributed by atoms with Crippen LogP contribution in [0.3, 0.4) is 0 Å². The van der Waals surface area contributed by atoms with Crippen LogP contribution >= 0.6 is 0 Å². The summed E-state index contributed by atoms with van der Waals surface area (Å²) in [6.07, 6.45) is 10.3. The molecule has 1 saturated heterocycles. The first-order valence-corrected chi connectivity index (χ1v) is 4.66. The molecule has 1 spiro atoms. The van der Waals surface area contributed by atoms with Crippen LogP contribution in [0.15, 0.2) is 0 Å². The predicted molar refractivity (Wildman–Crippen MR) is 43.1 cm³/mol. The van der Waals surface area contributed by atoms with Crippen LogP contribution in [0, 0.1) is 0 Å². The SMILES string of the molecule is C1CCCC2(CCC1)CN2. The summed E-state index contributed by atoms with van der Waals surface area (Å²) in [7, 11) is 0. The van der Waals surface area contributed by atoms with Gasteiger partial charge in [0.25, 0.3) is 0 Å². The molecule has 2 rings (SSSR count). The molecule has 0 amide bonds. The van der Waals surface area contributed by atoms with E-state index in [1.54, 1.807) is 0 Å². The van der Waals surface area contributed by atoms with Crippen molar-refractivity contribution < 1.29 is 0 Å². The van der Waals surface area contributed by atoms with Crippen LogP contribution in [-0.4, -0.2) is 12.1 Å². The zero-order valence-electron chi connectivity index (χ0n) is 6.66. The number of hydrogen-bond acceptors (Lipinski definition) is 1. The van der Waals surface area contributed by atoms with E-state index in [1.807, 2.05) is 0 Å². The van der Waals surface area contributed by atoms with E-state index in [4.69, 9.17) is 0 Å². The minimum Gasteiger partial charge on any atom is -0.308 e. The van der Waals surface area contributed by atoms with Crippen LogP contribution in [0.4, 0.5) is 0 Å². The Hall–Kier alpha value is -0.0400. The first kappa shape index (κ1) is 6.66. The molecule has 0 bridgehead atoms. The van der Waals surface area contributed by atoms with Gasteiger partial charge in [0.1, 0.15) is 0 Å². The lowest BCUT2D eigenvalue weighted by molar-refractivity contribution is 0.427. The van der Waals surface area contributed by atoms with Gasteiger partial charge in [0.15, 0.2) is 0 Å². The highest BCUT2D eigenvalue weighted by Crippen LogP contribution is 2.32. The number of nitrogens with one attached hydrogen (secondary N) is 1. The Morgan fingerprint density at radius 1 is 0.800 bits per heavy atom. The molecular weight excluding hydrogens is 122 g/mol. The molecule has 0 aromatic carbocycles. The highest BCUT2D eigenvalue weighted by molar-refractivity contribution is 5.03. The van der Waals surface area contributed by atoms with Crippen molar-refractivity contribution in [2.45, 2.75) is 50.5 Å². The van der Waals surface area contributed by atoms with E-state index in [-0.39, 0.29) is 0 Å². The van der Waals surface area contributed by atoms with Crippen LogP contribution < -0.4 is 5.32 Å². The molecule has 0 atom stereocenters. The van der Waals surface area contributed by atoms with Crippen molar-refractivity contribution >= 4 is 0 Å². The summed E-state index contributed by atoms with van der Waals surface area (Å²) in [6, 6.07) is 0. The summed E-state index contributed by atoms with van der Waals surface area (Å²) >= 11 is 0. The molecule has 1 N–H and O–H groups in total. The van der Waals surface area contributed by atoms with Gasteiger partial charge in [0.05, 0.1) is 0 Å². The summed E-state index contributed by atoms with van der Waals surface area (Å²) in [5.41, 5.74) is 0.653. The first-order valence-electron chi connectivity index (χ1n) is 4.66. The molecule has 0 aromatic rings. The summed E-state index contributed by atoms with van der Waals surface area (Å²) in [4.78, 5) is 0. The maximum Gasteiger partial charge on any atom is 0.0307 e. The fourth-order valence-corrected chi connectivity index (χ4v) is 2.06. The van der Waals surface area contributed by atoms with Gasteiger partial charge in [-0.2, -0.15) is 0 Å². The lowest BCUT2D eigenvalue weighted by Gasteiger charge is -2.16. The Morgan fingerprint density at radius 3 is 1.80 bits per heavy atom. The largest absolute Gasteiger partial charge is 0.308 e. The third-order valence-electron chi connectivity index (χ3n) is 2.99. The van der Waals surface area contributed by atoms with Gasteiger partial charge in [-0.1, -0.05) is 32.1 Å². The van der Waals surface area contributed by atoms with Gasteiger partial charge in [0, 0.05) is 12.1 Å². The Bertz CT molecular complexity index is 106. The van der Waals surface area contributed by atoms with E-state index in [1.165, 1.54) is 51.5 Å². The number of rotatable bonds is 0. The summed E-state index contributed by atoms with van der Waals surface area (Å²) < 4.78 is 0. The average molecular weight is 139 g/mol. The van der Waals surface area contributed by atoms with Gasteiger partial charge in [-0.05, 0) is 12.8 Å². The van der Waals surface area contributed by atoms with Crippen LogP contribution in [0.25, 0.3) is 0 Å². The van der Waals surface area contributed by atoms with E-state index in [9.17, 15) is 0 Å². The van der Waals surface area contributed by atoms with Gasteiger partial charge in [-0.15, -0.1) is 0 Å². The Kier molecular flexibility index (Phi) is 1.69. The maximum atomic E-state index is 3.52. The molecule has 2 fully saturated rings. The molecule has 0 unspecified atom stereocenters. The molecular formula is C9H17N. The summed E-state index contributed by atoms with van der Waals surface area (Å²) in [5, 5.41) is 3.52. The fourth-order valence-electron chi connectivity index (χ4n) is 2.06. The van der Waals surface area contributed by atoms with E-state index >= 15 is 0 Å². The van der Waals surface area contributed by atoms with Crippen LogP contribution in [0.2, 0.25) is 0 Å². The molecule has 1 heteroatoms. The molecule has 1 aliphatic heterocycles. The monoisotopic (exact) mass is 139 g/mol. The molecule has 0 aromatic heterocycles. The zero-order valence-corrected chi connectivity index (χ0v) is 6.66. The first-order chi connectivity index (χ1) is 4.91. The normalized spacial score (nSPS) is 31.2. The summed E-state index contributed by atoms with van der Waals surface area (Å²) in [5.74, 6) is 0. The van der Waals surface area contributed by atoms with Crippen molar-refractivity contribution in [1.29, 1.82) is 0 Å². The van der Waals surface area contributed by atoms with Crippen LogP contribution in [0.5, 0.6) is 0 Å². The molecule has 10 heavy (non-hydrogen) atoms. The highest BCUT2D eigenvalue weighted by Gasteiger charge is 2.40. The van der Waals surface area contributed by atoms with Crippen molar-refractivity contribution in [2.24, 2.45) is 0 Å². The topological polar surface area (TPSA) is 21.9 Å². The Labute approximate surface area is 63.2 Å². The van der Waals surface area contributed by atoms with Gasteiger partial charge in [-0.3, -0.25) is 0 Å². The Balaban J connectivity index is 1.84. The highest BCUT2D eigenvalue weighted by atomic mass is 15.2. The van der Waals surface area contributed by atoms with Crippen molar-refractivity contribution in [3.8, 4) is 0 Å². The third-order valence-corrected chi connectivity index (χ3v) is 2.99. The predicted octanol–water partition coefficient (Wildman–Crippen LogP) is 2.07. The van der Waals surface area contributed by atoms with Gasteiger partial charge >= 0.3 is 0 Å². The molecule has 1 nitrogen and oxygen atoms in total. The molecule has 1 saturated carbocycles. The minimum absolute atomic E-state index is 0.653. The second-order valence-electron chi connectivity index (χ2n) is 3.90. The summed E-state index contributed by atoms with van der Waals surface area (Å²) in [6.45, 7) is 1.31. The molecule has 0 radical (unpaired) electrons. The van der Waals surface area contributed by atoms with Crippen molar-refractivity contribution in [2.75, 3.05) is 6.54 Å². The van der Waals surface area contributed by atoms with E-state index in [0.717, 1.165) is 0 Å². The molecule has 1 aliphatic carbocycles. The van der Waals surface area contributed by atoms with Gasteiger partial charge in [0.2, 0.25) is 0 Å². The van der Waals surface area contributed by atoms with E-state index in [0.29, 0.717) is 5.54 Å². The zero-order chi connectivity index (χ0) is 6.86. The smallest absolute Gasteiger partial charge is 0.0307 e. The van der Waals surface area contributed by atoms with E-state index in [2.05, 4.69) is 5.32 Å². The van der Waals surface area contributed by atoms with Crippen molar-refractivity contribution in [3.05, 3.63) is 0 Å². The standard InChI is InChI=1S/C9H17N/c1-2-4-6-9(8-10-9)7-5-3-1/h10H,1-8H2. The second kappa shape index (κ2) is 2.54. The van der Waals surface area contributed by atoms with E-state index < -0.39 is 0 Å². The lowest BCUT2D eigenvalue weighted by atomic mass is 9.91. The third kappa shape index (κ3) is 1.34. The van der Waals surface area contributed by atoms with Gasteiger partial charge in [-0.25, -0.2) is 0 Å². The molecule has 1 heterocycles.